The van der Waals surface area contributed by atoms with E-state index in [4.69, 9.17) is 9.47 Å². The minimum absolute atomic E-state index is 0.472. The Hall–Kier alpha value is -0.0800. The van der Waals surface area contributed by atoms with E-state index in [0.717, 1.165) is 23.7 Å². The van der Waals surface area contributed by atoms with Crippen molar-refractivity contribution in [2.24, 2.45) is 23.7 Å². The van der Waals surface area contributed by atoms with Crippen molar-refractivity contribution in [2.45, 2.75) is 141 Å². The standard InChI is InChI=1S/C27H48O2/c1-3-7-22(8-4-1)11-12-23-13-17-26(18-14-23)28-21-29-27-19-15-25(16-20-27)24-9-5-2-6-10-24/h22-27H,1-21H2. The van der Waals surface area contributed by atoms with Crippen LogP contribution in [0.15, 0.2) is 0 Å². The van der Waals surface area contributed by atoms with E-state index in [-0.39, 0.29) is 0 Å². The molecule has 0 N–H and O–H groups in total. The lowest BCUT2D eigenvalue weighted by Crippen LogP contribution is -2.29. The number of hydrogen-bond donors (Lipinski definition) is 0. The zero-order chi connectivity index (χ0) is 19.7. The molecule has 2 heteroatoms. The molecule has 4 saturated carbocycles. The molecule has 0 bridgehead atoms. The van der Waals surface area contributed by atoms with Crippen LogP contribution in [0.3, 0.4) is 0 Å². The van der Waals surface area contributed by atoms with Crippen LogP contribution in [-0.4, -0.2) is 19.0 Å². The van der Waals surface area contributed by atoms with E-state index < -0.39 is 0 Å². The summed E-state index contributed by atoms with van der Waals surface area (Å²) in [6.45, 7) is 0.552. The van der Waals surface area contributed by atoms with Gasteiger partial charge >= 0.3 is 0 Å². The summed E-state index contributed by atoms with van der Waals surface area (Å²) in [5.74, 6) is 4.07. The second-order valence-electron chi connectivity index (χ2n) is 11.1. The largest absolute Gasteiger partial charge is 0.352 e. The Morgan fingerprint density at radius 1 is 0.414 bits per heavy atom. The fourth-order valence-corrected chi connectivity index (χ4v) is 7.10. The van der Waals surface area contributed by atoms with Gasteiger partial charge in [-0.15, -0.1) is 0 Å². The summed E-state index contributed by atoms with van der Waals surface area (Å²) in [6.07, 6.45) is 29.6. The molecule has 4 rings (SSSR count). The molecule has 0 aromatic rings. The van der Waals surface area contributed by atoms with Gasteiger partial charge in [-0.3, -0.25) is 0 Å². The smallest absolute Gasteiger partial charge is 0.147 e. The van der Waals surface area contributed by atoms with Gasteiger partial charge in [-0.25, -0.2) is 0 Å². The Balaban J connectivity index is 1.03. The van der Waals surface area contributed by atoms with Gasteiger partial charge in [0.2, 0.25) is 0 Å². The highest BCUT2D eigenvalue weighted by atomic mass is 16.7. The van der Waals surface area contributed by atoms with E-state index in [1.54, 1.807) is 0 Å². The molecule has 168 valence electrons. The van der Waals surface area contributed by atoms with Gasteiger partial charge in [-0.2, -0.15) is 0 Å². The SMILES string of the molecule is C1CCC(CCC2CCC(OCOC3CCC(C4CCCCC4)CC3)CC2)CC1. The molecule has 0 aromatic heterocycles. The molecular formula is C27H48O2. The van der Waals surface area contributed by atoms with E-state index in [9.17, 15) is 0 Å². The predicted octanol–water partition coefficient (Wildman–Crippen LogP) is 8.04. The van der Waals surface area contributed by atoms with Crippen molar-refractivity contribution < 1.29 is 9.47 Å². The second-order valence-corrected chi connectivity index (χ2v) is 11.1. The first-order valence-electron chi connectivity index (χ1n) is 13.6. The lowest BCUT2D eigenvalue weighted by atomic mass is 9.73. The third kappa shape index (κ3) is 7.23. The van der Waals surface area contributed by atoms with Crippen LogP contribution < -0.4 is 0 Å². The summed E-state index contributed by atoms with van der Waals surface area (Å²) in [6, 6.07) is 0. The molecule has 4 aliphatic rings. The Kier molecular flexibility index (Phi) is 9.22. The van der Waals surface area contributed by atoms with E-state index >= 15 is 0 Å². The van der Waals surface area contributed by atoms with Crippen LogP contribution in [0.5, 0.6) is 0 Å². The lowest BCUT2D eigenvalue weighted by Gasteiger charge is -2.36. The van der Waals surface area contributed by atoms with Crippen molar-refractivity contribution in [3.8, 4) is 0 Å². The summed E-state index contributed by atoms with van der Waals surface area (Å²) in [7, 11) is 0. The molecule has 0 aromatic carbocycles. The zero-order valence-electron chi connectivity index (χ0n) is 19.1. The van der Waals surface area contributed by atoms with Crippen LogP contribution in [-0.2, 0) is 9.47 Å². The number of rotatable bonds is 8. The Labute approximate surface area is 180 Å². The molecule has 2 nitrogen and oxygen atoms in total. The van der Waals surface area contributed by atoms with Gasteiger partial charge in [0.1, 0.15) is 6.79 Å². The second kappa shape index (κ2) is 12.1. The van der Waals surface area contributed by atoms with Gasteiger partial charge in [-0.05, 0) is 75.0 Å². The highest BCUT2D eigenvalue weighted by molar-refractivity contribution is 4.80. The summed E-state index contributed by atoms with van der Waals surface area (Å²) in [4.78, 5) is 0. The molecule has 4 aliphatic carbocycles. The van der Waals surface area contributed by atoms with E-state index in [2.05, 4.69) is 0 Å². The van der Waals surface area contributed by atoms with E-state index in [1.807, 2.05) is 0 Å². The maximum Gasteiger partial charge on any atom is 0.147 e. The van der Waals surface area contributed by atoms with Gasteiger partial charge in [-0.1, -0.05) is 77.0 Å². The quantitative estimate of drug-likeness (QED) is 0.381. The lowest BCUT2D eigenvalue weighted by molar-refractivity contribution is -0.136. The fraction of sp³-hybridized carbons (Fsp3) is 1.00. The Morgan fingerprint density at radius 3 is 1.45 bits per heavy atom. The molecule has 0 heterocycles. The van der Waals surface area contributed by atoms with Crippen molar-refractivity contribution in [1.29, 1.82) is 0 Å². The summed E-state index contributed by atoms with van der Waals surface area (Å²) in [5, 5.41) is 0. The first-order valence-corrected chi connectivity index (χ1v) is 13.6. The average molecular weight is 405 g/mol. The maximum absolute atomic E-state index is 6.15. The summed E-state index contributed by atoms with van der Waals surface area (Å²) in [5.41, 5.74) is 0. The summed E-state index contributed by atoms with van der Waals surface area (Å²) < 4.78 is 12.3. The molecule has 0 amide bonds. The van der Waals surface area contributed by atoms with Crippen LogP contribution in [0.25, 0.3) is 0 Å². The highest BCUT2D eigenvalue weighted by Crippen LogP contribution is 2.39. The topological polar surface area (TPSA) is 18.5 Å². The molecular weight excluding hydrogens is 356 g/mol. The van der Waals surface area contributed by atoms with Gasteiger partial charge < -0.3 is 9.47 Å². The van der Waals surface area contributed by atoms with E-state index in [1.165, 1.54) is 128 Å². The number of ether oxygens (including phenoxy) is 2. The Bertz CT molecular complexity index is 422. The van der Waals surface area contributed by atoms with Crippen molar-refractivity contribution in [2.75, 3.05) is 6.79 Å². The third-order valence-electron chi connectivity index (χ3n) is 9.14. The van der Waals surface area contributed by atoms with Crippen LogP contribution in [0, 0.1) is 23.7 Å². The van der Waals surface area contributed by atoms with Crippen LogP contribution >= 0.6 is 0 Å². The molecule has 0 unspecified atom stereocenters. The van der Waals surface area contributed by atoms with Crippen molar-refractivity contribution in [3.63, 3.8) is 0 Å². The average Bonchev–Trinajstić information content (AvgIpc) is 2.80. The number of hydrogen-bond acceptors (Lipinski definition) is 2. The van der Waals surface area contributed by atoms with Crippen LogP contribution in [0.4, 0.5) is 0 Å². The maximum atomic E-state index is 6.15. The molecule has 0 spiro atoms. The molecule has 0 radical (unpaired) electrons. The Morgan fingerprint density at radius 2 is 0.862 bits per heavy atom. The normalized spacial score (nSPS) is 35.6. The summed E-state index contributed by atoms with van der Waals surface area (Å²) >= 11 is 0. The van der Waals surface area contributed by atoms with E-state index in [0.29, 0.717) is 19.0 Å². The van der Waals surface area contributed by atoms with Crippen molar-refractivity contribution in [3.05, 3.63) is 0 Å². The first-order chi connectivity index (χ1) is 14.4. The van der Waals surface area contributed by atoms with Gasteiger partial charge in [0.15, 0.2) is 0 Å². The minimum atomic E-state index is 0.472. The predicted molar refractivity (Wildman–Crippen MR) is 121 cm³/mol. The van der Waals surface area contributed by atoms with Crippen LogP contribution in [0.1, 0.15) is 128 Å². The van der Waals surface area contributed by atoms with Gasteiger partial charge in [0, 0.05) is 0 Å². The van der Waals surface area contributed by atoms with Crippen molar-refractivity contribution >= 4 is 0 Å². The highest BCUT2D eigenvalue weighted by Gasteiger charge is 2.29. The molecule has 0 aliphatic heterocycles. The minimum Gasteiger partial charge on any atom is -0.352 e. The molecule has 0 atom stereocenters. The molecule has 29 heavy (non-hydrogen) atoms. The third-order valence-corrected chi connectivity index (χ3v) is 9.14. The molecule has 4 fully saturated rings. The van der Waals surface area contributed by atoms with Crippen LogP contribution in [0.2, 0.25) is 0 Å². The first kappa shape index (κ1) is 22.1. The van der Waals surface area contributed by atoms with Gasteiger partial charge in [0.05, 0.1) is 12.2 Å². The monoisotopic (exact) mass is 404 g/mol. The van der Waals surface area contributed by atoms with Gasteiger partial charge in [0.25, 0.3) is 0 Å². The fourth-order valence-electron chi connectivity index (χ4n) is 7.10. The zero-order valence-corrected chi connectivity index (χ0v) is 19.1. The molecule has 0 saturated heterocycles. The van der Waals surface area contributed by atoms with Crippen molar-refractivity contribution in [1.82, 2.24) is 0 Å².